The second kappa shape index (κ2) is 6.04. The van der Waals surface area contributed by atoms with Gasteiger partial charge in [-0.25, -0.2) is 9.97 Å². The smallest absolute Gasteiger partial charge is 0.257 e. The zero-order chi connectivity index (χ0) is 13.8. The number of nitrogens with one attached hydrogen (secondary N) is 1. The number of fused-ring (bicyclic) bond motifs is 1. The molecule has 1 aromatic heterocycles. The van der Waals surface area contributed by atoms with Gasteiger partial charge < -0.3 is 10.1 Å². The van der Waals surface area contributed by atoms with Gasteiger partial charge in [0.2, 0.25) is 5.88 Å². The van der Waals surface area contributed by atoms with Crippen molar-refractivity contribution in [1.29, 1.82) is 0 Å². The van der Waals surface area contributed by atoms with Crippen LogP contribution in [0.25, 0.3) is 10.9 Å². The van der Waals surface area contributed by atoms with E-state index in [0.29, 0.717) is 27.5 Å². The van der Waals surface area contributed by atoms with Crippen LogP contribution in [-0.2, 0) is 4.79 Å². The summed E-state index contributed by atoms with van der Waals surface area (Å²) in [6, 6.07) is 3.24. The molecule has 2 rings (SSSR count). The van der Waals surface area contributed by atoms with Crippen LogP contribution in [0.2, 0.25) is 10.0 Å². The predicted octanol–water partition coefficient (Wildman–Crippen LogP) is 2.45. The van der Waals surface area contributed by atoms with E-state index >= 15 is 0 Å². The highest BCUT2D eigenvalue weighted by Gasteiger charge is 2.10. The number of halogens is 2. The van der Waals surface area contributed by atoms with Crippen LogP contribution >= 0.6 is 23.2 Å². The number of aromatic nitrogens is 2. The summed E-state index contributed by atoms with van der Waals surface area (Å²) < 4.78 is 5.36. The number of nitrogens with zero attached hydrogens (tertiary/aromatic N) is 2. The number of carbonyl (C=O) groups is 1. The highest BCUT2D eigenvalue weighted by Crippen LogP contribution is 2.30. The zero-order valence-electron chi connectivity index (χ0n) is 10.1. The minimum atomic E-state index is -0.220. The van der Waals surface area contributed by atoms with Crippen molar-refractivity contribution >= 4 is 40.0 Å². The van der Waals surface area contributed by atoms with Crippen molar-refractivity contribution in [1.82, 2.24) is 15.3 Å². The molecule has 1 aromatic carbocycles. The quantitative estimate of drug-likeness (QED) is 0.942. The predicted molar refractivity (Wildman–Crippen MR) is 73.7 cm³/mol. The van der Waals surface area contributed by atoms with Gasteiger partial charge in [0.25, 0.3) is 5.91 Å². The first kappa shape index (κ1) is 13.8. The molecular weight excluding hydrogens is 289 g/mol. The van der Waals surface area contributed by atoms with Crippen molar-refractivity contribution in [2.24, 2.45) is 0 Å². The van der Waals surface area contributed by atoms with Gasteiger partial charge in [-0.15, -0.1) is 0 Å². The Hall–Kier alpha value is -1.59. The van der Waals surface area contributed by atoms with Gasteiger partial charge in [-0.3, -0.25) is 4.79 Å². The molecule has 0 aliphatic carbocycles. The van der Waals surface area contributed by atoms with Crippen molar-refractivity contribution in [2.75, 3.05) is 13.2 Å². The molecule has 0 aliphatic heterocycles. The third-order valence-corrected chi connectivity index (χ3v) is 2.84. The number of benzene rings is 1. The maximum atomic E-state index is 11.4. The van der Waals surface area contributed by atoms with Gasteiger partial charge in [-0.2, -0.15) is 0 Å². The summed E-state index contributed by atoms with van der Waals surface area (Å²) in [7, 11) is 0. The van der Waals surface area contributed by atoms with Gasteiger partial charge in [-0.05, 0) is 19.1 Å². The Morgan fingerprint density at radius 1 is 1.37 bits per heavy atom. The van der Waals surface area contributed by atoms with Gasteiger partial charge in [0, 0.05) is 11.6 Å². The molecule has 0 saturated carbocycles. The summed E-state index contributed by atoms with van der Waals surface area (Å²) in [5, 5.41) is 4.06. The van der Waals surface area contributed by atoms with Crippen LogP contribution in [0, 0.1) is 0 Å². The van der Waals surface area contributed by atoms with Crippen LogP contribution in [0.3, 0.4) is 0 Å². The van der Waals surface area contributed by atoms with Gasteiger partial charge in [0.15, 0.2) is 6.61 Å². The summed E-state index contributed by atoms with van der Waals surface area (Å²) >= 11 is 12.0. The van der Waals surface area contributed by atoms with Crippen LogP contribution in [0.5, 0.6) is 5.88 Å². The Balaban J connectivity index is 2.30. The Labute approximate surface area is 119 Å². The SMILES string of the molecule is CCNC(=O)COc1ncnc2c(Cl)cc(Cl)cc12. The van der Waals surface area contributed by atoms with Gasteiger partial charge in [-0.1, -0.05) is 23.2 Å². The number of ether oxygens (including phenoxy) is 1. The molecule has 0 saturated heterocycles. The number of hydrogen-bond acceptors (Lipinski definition) is 4. The molecule has 0 atom stereocenters. The van der Waals surface area contributed by atoms with Crippen molar-refractivity contribution in [2.45, 2.75) is 6.92 Å². The average molecular weight is 300 g/mol. The Bertz CT molecular complexity index is 619. The van der Waals surface area contributed by atoms with E-state index in [1.165, 1.54) is 6.33 Å². The molecule has 1 amide bonds. The molecule has 0 spiro atoms. The molecule has 1 N–H and O–H groups in total. The number of likely N-dealkylation sites (N-methyl/N-ethyl adjacent to an activating group) is 1. The van der Waals surface area contributed by atoms with Gasteiger partial charge in [0.05, 0.1) is 15.9 Å². The molecule has 19 heavy (non-hydrogen) atoms. The third kappa shape index (κ3) is 3.24. The second-order valence-corrected chi connectivity index (χ2v) is 4.55. The molecule has 5 nitrogen and oxygen atoms in total. The Morgan fingerprint density at radius 3 is 2.89 bits per heavy atom. The molecule has 0 fully saturated rings. The maximum absolute atomic E-state index is 11.4. The molecule has 0 unspecified atom stereocenters. The van der Waals surface area contributed by atoms with Crippen molar-refractivity contribution in [3.05, 3.63) is 28.5 Å². The number of carbonyl (C=O) groups excluding carboxylic acids is 1. The standard InChI is InChI=1S/C12H11Cl2N3O2/c1-2-15-10(18)5-19-12-8-3-7(13)4-9(14)11(8)16-6-17-12/h3-4,6H,2,5H2,1H3,(H,15,18). The average Bonchev–Trinajstić information content (AvgIpc) is 2.36. The summed E-state index contributed by atoms with van der Waals surface area (Å²) in [6.45, 7) is 2.26. The number of amides is 1. The van der Waals surface area contributed by atoms with E-state index in [-0.39, 0.29) is 18.4 Å². The van der Waals surface area contributed by atoms with Crippen LogP contribution in [0.15, 0.2) is 18.5 Å². The summed E-state index contributed by atoms with van der Waals surface area (Å²) in [6.07, 6.45) is 1.33. The summed E-state index contributed by atoms with van der Waals surface area (Å²) in [5.74, 6) is 0.0584. The molecule has 100 valence electrons. The Morgan fingerprint density at radius 2 is 2.16 bits per heavy atom. The molecule has 7 heteroatoms. The van der Waals surface area contributed by atoms with E-state index in [1.54, 1.807) is 12.1 Å². The van der Waals surface area contributed by atoms with E-state index in [1.807, 2.05) is 6.92 Å². The fraction of sp³-hybridized carbons (Fsp3) is 0.250. The first-order chi connectivity index (χ1) is 9.11. The lowest BCUT2D eigenvalue weighted by atomic mass is 10.2. The van der Waals surface area contributed by atoms with E-state index in [2.05, 4.69) is 15.3 Å². The number of hydrogen-bond donors (Lipinski definition) is 1. The molecule has 1 heterocycles. The fourth-order valence-corrected chi connectivity index (χ4v) is 2.11. The Kier molecular flexibility index (Phi) is 4.39. The van der Waals surface area contributed by atoms with E-state index in [0.717, 1.165) is 0 Å². The van der Waals surface area contributed by atoms with Crippen LogP contribution in [0.4, 0.5) is 0 Å². The lowest BCUT2D eigenvalue weighted by Gasteiger charge is -2.08. The molecule has 0 bridgehead atoms. The normalized spacial score (nSPS) is 10.5. The topological polar surface area (TPSA) is 64.1 Å². The minimum absolute atomic E-state index is 0.121. The lowest BCUT2D eigenvalue weighted by Crippen LogP contribution is -2.28. The van der Waals surface area contributed by atoms with Gasteiger partial charge >= 0.3 is 0 Å². The largest absolute Gasteiger partial charge is 0.467 e. The second-order valence-electron chi connectivity index (χ2n) is 3.70. The maximum Gasteiger partial charge on any atom is 0.257 e. The lowest BCUT2D eigenvalue weighted by molar-refractivity contribution is -0.123. The van der Waals surface area contributed by atoms with Crippen molar-refractivity contribution in [3.63, 3.8) is 0 Å². The first-order valence-corrected chi connectivity index (χ1v) is 6.36. The van der Waals surface area contributed by atoms with Gasteiger partial charge in [0.1, 0.15) is 6.33 Å². The van der Waals surface area contributed by atoms with Crippen LogP contribution < -0.4 is 10.1 Å². The minimum Gasteiger partial charge on any atom is -0.467 e. The molecule has 0 radical (unpaired) electrons. The molecular formula is C12H11Cl2N3O2. The summed E-state index contributed by atoms with van der Waals surface area (Å²) in [5.41, 5.74) is 0.534. The highest BCUT2D eigenvalue weighted by molar-refractivity contribution is 6.38. The van der Waals surface area contributed by atoms with Crippen molar-refractivity contribution in [3.8, 4) is 5.88 Å². The van der Waals surface area contributed by atoms with E-state index in [4.69, 9.17) is 27.9 Å². The summed E-state index contributed by atoms with van der Waals surface area (Å²) in [4.78, 5) is 19.4. The monoisotopic (exact) mass is 299 g/mol. The highest BCUT2D eigenvalue weighted by atomic mass is 35.5. The first-order valence-electron chi connectivity index (χ1n) is 5.61. The molecule has 0 aliphatic rings. The zero-order valence-corrected chi connectivity index (χ0v) is 11.6. The van der Waals surface area contributed by atoms with Crippen molar-refractivity contribution < 1.29 is 9.53 Å². The van der Waals surface area contributed by atoms with Crippen LogP contribution in [-0.4, -0.2) is 29.0 Å². The fourth-order valence-electron chi connectivity index (χ4n) is 1.57. The van der Waals surface area contributed by atoms with E-state index < -0.39 is 0 Å². The third-order valence-electron chi connectivity index (χ3n) is 2.33. The van der Waals surface area contributed by atoms with Crippen LogP contribution in [0.1, 0.15) is 6.92 Å². The number of rotatable bonds is 4. The van der Waals surface area contributed by atoms with E-state index in [9.17, 15) is 4.79 Å². The molecule has 2 aromatic rings.